The zero-order chi connectivity index (χ0) is 12.7. The average molecular weight is 231 g/mol. The first-order valence-electron chi connectivity index (χ1n) is 6.61. The summed E-state index contributed by atoms with van der Waals surface area (Å²) in [5.41, 5.74) is 3.69. The van der Waals surface area contributed by atoms with E-state index in [2.05, 4.69) is 64.2 Å². The second kappa shape index (κ2) is 4.13. The molecule has 0 heterocycles. The first-order chi connectivity index (χ1) is 7.80. The van der Waals surface area contributed by atoms with Gasteiger partial charge in [-0.05, 0) is 28.4 Å². The predicted molar refractivity (Wildman–Crippen MR) is 74.1 cm³/mol. The number of nitrogens with one attached hydrogen (secondary N) is 1. The van der Waals surface area contributed by atoms with Gasteiger partial charge in [0.25, 0.3) is 0 Å². The summed E-state index contributed by atoms with van der Waals surface area (Å²) in [5.74, 6) is 0. The monoisotopic (exact) mass is 231 g/mol. The molecule has 0 aromatic heterocycles. The van der Waals surface area contributed by atoms with E-state index in [1.54, 1.807) is 0 Å². The first kappa shape index (κ1) is 12.6. The lowest BCUT2D eigenvalue weighted by Gasteiger charge is -2.31. The van der Waals surface area contributed by atoms with Gasteiger partial charge >= 0.3 is 0 Å². The van der Waals surface area contributed by atoms with Gasteiger partial charge in [0.05, 0.1) is 0 Å². The van der Waals surface area contributed by atoms with Gasteiger partial charge in [-0.1, -0.05) is 58.9 Å². The van der Waals surface area contributed by atoms with E-state index in [1.165, 1.54) is 17.5 Å². The third kappa shape index (κ3) is 2.71. The van der Waals surface area contributed by atoms with Crippen molar-refractivity contribution < 1.29 is 0 Å². The topological polar surface area (TPSA) is 12.0 Å². The Morgan fingerprint density at radius 2 is 1.88 bits per heavy atom. The van der Waals surface area contributed by atoms with Gasteiger partial charge in [-0.2, -0.15) is 0 Å². The lowest BCUT2D eigenvalue weighted by atomic mass is 9.84. The predicted octanol–water partition coefficient (Wildman–Crippen LogP) is 3.95. The van der Waals surface area contributed by atoms with Crippen LogP contribution in [0, 0.1) is 10.8 Å². The van der Waals surface area contributed by atoms with Gasteiger partial charge in [0.15, 0.2) is 0 Å². The minimum Gasteiger partial charge on any atom is -0.309 e. The van der Waals surface area contributed by atoms with Gasteiger partial charge in [-0.25, -0.2) is 0 Å². The molecule has 1 aromatic rings. The standard InChI is InChI=1S/C16H25N/c1-15(2,3)11-17-14-13-9-7-6-8-12(13)10-16(14,4)5/h6-9,14,17H,10-11H2,1-5H3. The molecule has 0 spiro atoms. The van der Waals surface area contributed by atoms with Crippen LogP contribution in [0.2, 0.25) is 0 Å². The zero-order valence-electron chi connectivity index (χ0n) is 11.8. The second-order valence-corrected chi connectivity index (χ2v) is 7.24. The van der Waals surface area contributed by atoms with Gasteiger partial charge in [-0.3, -0.25) is 0 Å². The molecule has 0 aliphatic heterocycles. The average Bonchev–Trinajstić information content (AvgIpc) is 2.43. The fourth-order valence-electron chi connectivity index (χ4n) is 2.79. The minimum atomic E-state index is 0.328. The van der Waals surface area contributed by atoms with E-state index in [1.807, 2.05) is 0 Å². The van der Waals surface area contributed by atoms with Crippen molar-refractivity contribution >= 4 is 0 Å². The van der Waals surface area contributed by atoms with E-state index >= 15 is 0 Å². The van der Waals surface area contributed by atoms with Crippen molar-refractivity contribution in [1.29, 1.82) is 0 Å². The van der Waals surface area contributed by atoms with Gasteiger partial charge in [0.2, 0.25) is 0 Å². The Bertz CT molecular complexity index is 398. The molecule has 0 amide bonds. The Kier molecular flexibility index (Phi) is 3.07. The molecule has 0 fully saturated rings. The van der Waals surface area contributed by atoms with Crippen LogP contribution in [-0.2, 0) is 6.42 Å². The van der Waals surface area contributed by atoms with Crippen LogP contribution >= 0.6 is 0 Å². The number of hydrogen-bond donors (Lipinski definition) is 1. The Balaban J connectivity index is 2.20. The third-order valence-corrected chi connectivity index (χ3v) is 3.63. The van der Waals surface area contributed by atoms with E-state index in [0.717, 1.165) is 6.54 Å². The quantitative estimate of drug-likeness (QED) is 0.812. The molecular weight excluding hydrogens is 206 g/mol. The van der Waals surface area contributed by atoms with Crippen LogP contribution in [0.5, 0.6) is 0 Å². The zero-order valence-corrected chi connectivity index (χ0v) is 11.8. The molecule has 1 heteroatoms. The van der Waals surface area contributed by atoms with Crippen LogP contribution in [0.3, 0.4) is 0 Å². The van der Waals surface area contributed by atoms with Crippen LogP contribution < -0.4 is 5.32 Å². The van der Waals surface area contributed by atoms with Crippen molar-refractivity contribution in [3.63, 3.8) is 0 Å². The molecule has 1 nitrogen and oxygen atoms in total. The highest BCUT2D eigenvalue weighted by atomic mass is 14.9. The minimum absolute atomic E-state index is 0.328. The molecule has 1 aliphatic rings. The first-order valence-corrected chi connectivity index (χ1v) is 6.61. The Labute approximate surface area is 106 Å². The molecule has 0 saturated heterocycles. The second-order valence-electron chi connectivity index (χ2n) is 7.24. The number of benzene rings is 1. The summed E-state index contributed by atoms with van der Waals surface area (Å²) >= 11 is 0. The van der Waals surface area contributed by atoms with Gasteiger partial charge < -0.3 is 5.32 Å². The molecule has 1 aliphatic carbocycles. The summed E-state index contributed by atoms with van der Waals surface area (Å²) < 4.78 is 0. The van der Waals surface area contributed by atoms with Gasteiger partial charge in [0.1, 0.15) is 0 Å². The highest BCUT2D eigenvalue weighted by Crippen LogP contribution is 2.45. The van der Waals surface area contributed by atoms with Crippen molar-refractivity contribution in [3.8, 4) is 0 Å². The SMILES string of the molecule is CC(C)(C)CNC1c2ccccc2CC1(C)C. The van der Waals surface area contributed by atoms with Crippen molar-refractivity contribution in [1.82, 2.24) is 5.32 Å². The van der Waals surface area contributed by atoms with Gasteiger partial charge in [-0.15, -0.1) is 0 Å². The van der Waals surface area contributed by atoms with Crippen LogP contribution in [0.25, 0.3) is 0 Å². The summed E-state index contributed by atoms with van der Waals surface area (Å²) in [5, 5.41) is 3.77. The Morgan fingerprint density at radius 1 is 1.24 bits per heavy atom. The fraction of sp³-hybridized carbons (Fsp3) is 0.625. The van der Waals surface area contributed by atoms with Crippen molar-refractivity contribution in [2.75, 3.05) is 6.54 Å². The van der Waals surface area contributed by atoms with Crippen LogP contribution in [0.15, 0.2) is 24.3 Å². The van der Waals surface area contributed by atoms with Crippen molar-refractivity contribution in [3.05, 3.63) is 35.4 Å². The molecule has 1 unspecified atom stereocenters. The molecule has 94 valence electrons. The largest absolute Gasteiger partial charge is 0.309 e. The molecule has 1 N–H and O–H groups in total. The van der Waals surface area contributed by atoms with Crippen molar-refractivity contribution in [2.45, 2.75) is 47.1 Å². The highest BCUT2D eigenvalue weighted by Gasteiger charge is 2.38. The molecule has 1 aromatic carbocycles. The lowest BCUT2D eigenvalue weighted by Crippen LogP contribution is -2.36. The summed E-state index contributed by atoms with van der Waals surface area (Å²) in [7, 11) is 0. The van der Waals surface area contributed by atoms with E-state index in [0.29, 0.717) is 16.9 Å². The number of fused-ring (bicyclic) bond motifs is 1. The normalized spacial score (nSPS) is 22.5. The maximum absolute atomic E-state index is 3.77. The number of hydrogen-bond acceptors (Lipinski definition) is 1. The van der Waals surface area contributed by atoms with E-state index < -0.39 is 0 Å². The Morgan fingerprint density at radius 3 is 2.53 bits per heavy atom. The van der Waals surface area contributed by atoms with E-state index in [4.69, 9.17) is 0 Å². The van der Waals surface area contributed by atoms with Crippen LogP contribution in [0.4, 0.5) is 0 Å². The van der Waals surface area contributed by atoms with Gasteiger partial charge in [0, 0.05) is 12.6 Å². The summed E-state index contributed by atoms with van der Waals surface area (Å²) in [6.07, 6.45) is 1.19. The summed E-state index contributed by atoms with van der Waals surface area (Å²) in [4.78, 5) is 0. The Hall–Kier alpha value is -0.820. The van der Waals surface area contributed by atoms with E-state index in [9.17, 15) is 0 Å². The molecule has 17 heavy (non-hydrogen) atoms. The fourth-order valence-corrected chi connectivity index (χ4v) is 2.79. The molecule has 0 radical (unpaired) electrons. The molecule has 1 atom stereocenters. The third-order valence-electron chi connectivity index (χ3n) is 3.63. The molecule has 0 bridgehead atoms. The van der Waals surface area contributed by atoms with Crippen LogP contribution in [-0.4, -0.2) is 6.54 Å². The lowest BCUT2D eigenvalue weighted by molar-refractivity contribution is 0.240. The molecule has 0 saturated carbocycles. The smallest absolute Gasteiger partial charge is 0.0377 e. The highest BCUT2D eigenvalue weighted by molar-refractivity contribution is 5.37. The number of rotatable bonds is 2. The maximum Gasteiger partial charge on any atom is 0.0377 e. The summed E-state index contributed by atoms with van der Waals surface area (Å²) in [6, 6.07) is 9.37. The maximum atomic E-state index is 3.77. The molecular formula is C16H25N. The van der Waals surface area contributed by atoms with E-state index in [-0.39, 0.29) is 0 Å². The van der Waals surface area contributed by atoms with Crippen LogP contribution in [0.1, 0.15) is 51.8 Å². The summed E-state index contributed by atoms with van der Waals surface area (Å²) in [6.45, 7) is 12.7. The van der Waals surface area contributed by atoms with Crippen molar-refractivity contribution in [2.24, 2.45) is 10.8 Å². The molecule has 2 rings (SSSR count).